The molecule has 1 N–H and O–H groups in total. The maximum atomic E-state index is 13.4. The van der Waals surface area contributed by atoms with Crippen LogP contribution in [0.5, 0.6) is 5.75 Å². The summed E-state index contributed by atoms with van der Waals surface area (Å²) in [5.74, 6) is 0.554. The molecule has 0 aliphatic heterocycles. The molecule has 0 aliphatic rings. The van der Waals surface area contributed by atoms with E-state index < -0.39 is 10.0 Å². The summed E-state index contributed by atoms with van der Waals surface area (Å²) in [5.41, 5.74) is 2.71. The minimum Gasteiger partial charge on any atom is -0.497 e. The highest BCUT2D eigenvalue weighted by molar-refractivity contribution is 7.93. The highest BCUT2D eigenvalue weighted by atomic mass is 32.2. The van der Waals surface area contributed by atoms with Crippen LogP contribution in [0, 0.1) is 6.92 Å². The van der Waals surface area contributed by atoms with E-state index in [1.54, 1.807) is 25.3 Å². The molecule has 30 heavy (non-hydrogen) atoms. The number of aromatic nitrogens is 1. The summed E-state index contributed by atoms with van der Waals surface area (Å²) in [6, 6.07) is 18.2. The number of benzene rings is 3. The fourth-order valence-electron chi connectivity index (χ4n) is 3.59. The second-order valence-corrected chi connectivity index (χ2v) is 8.98. The van der Waals surface area contributed by atoms with Gasteiger partial charge in [-0.1, -0.05) is 30.3 Å². The number of methoxy groups -OCH3 is 1. The van der Waals surface area contributed by atoms with Crippen LogP contribution in [0.4, 0.5) is 11.4 Å². The van der Waals surface area contributed by atoms with Crippen LogP contribution in [0.25, 0.3) is 21.7 Å². The van der Waals surface area contributed by atoms with Gasteiger partial charge in [0.15, 0.2) is 0 Å². The van der Waals surface area contributed by atoms with Gasteiger partial charge in [-0.25, -0.2) is 8.42 Å². The Kier molecular flexibility index (Phi) is 4.99. The number of ether oxygens (including phenoxy) is 1. The van der Waals surface area contributed by atoms with Gasteiger partial charge in [-0.15, -0.1) is 0 Å². The van der Waals surface area contributed by atoms with Crippen LogP contribution >= 0.6 is 0 Å². The molecule has 6 nitrogen and oxygen atoms in total. The Morgan fingerprint density at radius 1 is 0.967 bits per heavy atom. The van der Waals surface area contributed by atoms with Crippen LogP contribution in [0.1, 0.15) is 5.69 Å². The molecule has 4 rings (SSSR count). The van der Waals surface area contributed by atoms with E-state index in [9.17, 15) is 8.42 Å². The van der Waals surface area contributed by atoms with Gasteiger partial charge >= 0.3 is 0 Å². The fraction of sp³-hybridized carbons (Fsp3) is 0.174. The number of nitrogens with one attached hydrogen (secondary N) is 1. The van der Waals surface area contributed by atoms with Crippen molar-refractivity contribution >= 4 is 43.1 Å². The topological polar surface area (TPSA) is 71.5 Å². The summed E-state index contributed by atoms with van der Waals surface area (Å²) < 4.78 is 35.0. The van der Waals surface area contributed by atoms with Gasteiger partial charge in [0.1, 0.15) is 5.75 Å². The van der Waals surface area contributed by atoms with Gasteiger partial charge in [-0.3, -0.25) is 9.71 Å². The lowest BCUT2D eigenvalue weighted by Gasteiger charge is -2.17. The van der Waals surface area contributed by atoms with Crippen LogP contribution in [0.2, 0.25) is 0 Å². The first-order chi connectivity index (χ1) is 14.3. The van der Waals surface area contributed by atoms with E-state index >= 15 is 0 Å². The molecule has 0 radical (unpaired) electrons. The maximum Gasteiger partial charge on any atom is 0.262 e. The molecule has 0 atom stereocenters. The Morgan fingerprint density at radius 2 is 1.70 bits per heavy atom. The zero-order valence-electron chi connectivity index (χ0n) is 17.3. The Balaban J connectivity index is 1.89. The number of sulfonamides is 1. The molecule has 0 bridgehead atoms. The van der Waals surface area contributed by atoms with Crippen molar-refractivity contribution in [2.75, 3.05) is 30.8 Å². The van der Waals surface area contributed by atoms with Gasteiger partial charge in [0.05, 0.1) is 23.2 Å². The number of anilines is 2. The molecule has 0 saturated carbocycles. The molecule has 3 aromatic carbocycles. The molecular weight excluding hydrogens is 398 g/mol. The molecule has 0 spiro atoms. The van der Waals surface area contributed by atoms with E-state index in [0.717, 1.165) is 22.2 Å². The first kappa shape index (κ1) is 20.0. The largest absolute Gasteiger partial charge is 0.497 e. The first-order valence-electron chi connectivity index (χ1n) is 9.47. The second kappa shape index (κ2) is 7.50. The molecule has 4 aromatic rings. The van der Waals surface area contributed by atoms with E-state index in [2.05, 4.69) is 9.71 Å². The van der Waals surface area contributed by atoms with E-state index in [1.165, 1.54) is 0 Å². The van der Waals surface area contributed by atoms with Crippen molar-refractivity contribution in [1.82, 2.24) is 4.98 Å². The number of nitrogens with zero attached hydrogens (tertiary/aromatic N) is 2. The third-order valence-corrected chi connectivity index (χ3v) is 6.44. The van der Waals surface area contributed by atoms with Gasteiger partial charge in [0, 0.05) is 47.7 Å². The molecule has 1 heterocycles. The summed E-state index contributed by atoms with van der Waals surface area (Å²) >= 11 is 0. The van der Waals surface area contributed by atoms with Crippen molar-refractivity contribution in [3.63, 3.8) is 0 Å². The number of fused-ring (bicyclic) bond motifs is 2. The summed E-state index contributed by atoms with van der Waals surface area (Å²) in [6.07, 6.45) is 0. The van der Waals surface area contributed by atoms with E-state index in [1.807, 2.05) is 68.4 Å². The zero-order valence-corrected chi connectivity index (χ0v) is 18.1. The molecule has 1 aromatic heterocycles. The lowest BCUT2D eigenvalue weighted by atomic mass is 10.1. The van der Waals surface area contributed by atoms with Gasteiger partial charge < -0.3 is 9.64 Å². The van der Waals surface area contributed by atoms with E-state index in [0.29, 0.717) is 22.3 Å². The smallest absolute Gasteiger partial charge is 0.262 e. The molecule has 154 valence electrons. The summed E-state index contributed by atoms with van der Waals surface area (Å²) in [6.45, 7) is 1.87. The number of rotatable bonds is 5. The van der Waals surface area contributed by atoms with E-state index in [-0.39, 0.29) is 4.90 Å². The third kappa shape index (κ3) is 3.52. The quantitative estimate of drug-likeness (QED) is 0.511. The molecule has 0 saturated heterocycles. The Hall–Kier alpha value is -3.32. The number of pyridine rings is 1. The molecule has 7 heteroatoms. The Labute approximate surface area is 176 Å². The lowest BCUT2D eigenvalue weighted by molar-refractivity contribution is 0.415. The molecular formula is C23H23N3O3S. The third-order valence-electron chi connectivity index (χ3n) is 5.02. The first-order valence-corrected chi connectivity index (χ1v) is 11.0. The van der Waals surface area contributed by atoms with Gasteiger partial charge in [0.2, 0.25) is 0 Å². The monoisotopic (exact) mass is 421 g/mol. The van der Waals surface area contributed by atoms with Crippen molar-refractivity contribution in [3.8, 4) is 5.75 Å². The normalized spacial score (nSPS) is 11.6. The van der Waals surface area contributed by atoms with Crippen LogP contribution in [0.15, 0.2) is 65.6 Å². The SMILES string of the molecule is COc1cc(NS(=O)(=O)c2cccc3c(N(C)C)cccc23)c2nc(C)ccc2c1. The van der Waals surface area contributed by atoms with Crippen molar-refractivity contribution < 1.29 is 13.2 Å². The standard InChI is InChI=1S/C23H23N3O3S/c1-15-11-12-16-13-17(29-4)14-20(23(16)24-15)25-30(27,28)22-10-6-7-18-19(22)8-5-9-21(18)26(2)3/h5-14,25H,1-4H3. The summed E-state index contributed by atoms with van der Waals surface area (Å²) in [7, 11) is 1.54. The van der Waals surface area contributed by atoms with Gasteiger partial charge in [0.25, 0.3) is 10.0 Å². The van der Waals surface area contributed by atoms with Gasteiger partial charge in [-0.2, -0.15) is 0 Å². The van der Waals surface area contributed by atoms with Crippen molar-refractivity contribution in [2.24, 2.45) is 0 Å². The molecule has 0 unspecified atom stereocenters. The van der Waals surface area contributed by atoms with Crippen LogP contribution in [0.3, 0.4) is 0 Å². The van der Waals surface area contributed by atoms with Crippen molar-refractivity contribution in [2.45, 2.75) is 11.8 Å². The van der Waals surface area contributed by atoms with Crippen LogP contribution in [-0.2, 0) is 10.0 Å². The lowest BCUT2D eigenvalue weighted by Crippen LogP contribution is -2.15. The second-order valence-electron chi connectivity index (χ2n) is 7.33. The predicted molar refractivity (Wildman–Crippen MR) is 122 cm³/mol. The summed E-state index contributed by atoms with van der Waals surface area (Å²) in [4.78, 5) is 6.72. The van der Waals surface area contributed by atoms with Crippen molar-refractivity contribution in [1.29, 1.82) is 0 Å². The molecule has 0 amide bonds. The molecule has 0 aliphatic carbocycles. The number of hydrogen-bond acceptors (Lipinski definition) is 5. The Morgan fingerprint density at radius 3 is 2.43 bits per heavy atom. The van der Waals surface area contributed by atoms with Crippen LogP contribution < -0.4 is 14.4 Å². The average Bonchev–Trinajstić information content (AvgIpc) is 2.72. The zero-order chi connectivity index (χ0) is 21.5. The number of hydrogen-bond donors (Lipinski definition) is 1. The summed E-state index contributed by atoms with van der Waals surface area (Å²) in [5, 5.41) is 2.33. The highest BCUT2D eigenvalue weighted by Crippen LogP contribution is 2.33. The minimum absolute atomic E-state index is 0.215. The van der Waals surface area contributed by atoms with E-state index in [4.69, 9.17) is 4.74 Å². The van der Waals surface area contributed by atoms with Crippen molar-refractivity contribution in [3.05, 3.63) is 66.4 Å². The molecule has 0 fully saturated rings. The highest BCUT2D eigenvalue weighted by Gasteiger charge is 2.20. The maximum absolute atomic E-state index is 13.4. The Bertz CT molecular complexity index is 1370. The predicted octanol–water partition coefficient (Wildman–Crippen LogP) is 4.57. The van der Waals surface area contributed by atoms with Gasteiger partial charge in [-0.05, 0) is 31.2 Å². The van der Waals surface area contributed by atoms with Crippen LogP contribution in [-0.4, -0.2) is 34.6 Å². The number of aryl methyl sites for hydroxylation is 1. The minimum atomic E-state index is -3.88. The average molecular weight is 422 g/mol. The fourth-order valence-corrected chi connectivity index (χ4v) is 4.87.